The lowest BCUT2D eigenvalue weighted by Gasteiger charge is -2.20. The number of rotatable bonds is 10. The van der Waals surface area contributed by atoms with Crippen molar-refractivity contribution in [2.75, 3.05) is 0 Å². The van der Waals surface area contributed by atoms with Crippen molar-refractivity contribution < 1.29 is 75.9 Å². The largest absolute Gasteiger partial charge is 0.477 e. The van der Waals surface area contributed by atoms with Crippen LogP contribution < -0.4 is 9.47 Å². The minimum Gasteiger partial charge on any atom is -0.416 e. The van der Waals surface area contributed by atoms with Crippen LogP contribution in [0.3, 0.4) is 0 Å². The van der Waals surface area contributed by atoms with Crippen molar-refractivity contribution in [2.45, 2.75) is 11.9 Å². The Hall–Kier alpha value is -1.77. The summed E-state index contributed by atoms with van der Waals surface area (Å²) in [6.45, 7) is 0. The molecule has 0 fully saturated rings. The van der Waals surface area contributed by atoms with E-state index in [-0.39, 0.29) is 3.57 Å². The Balaban J connectivity index is 3.22. The van der Waals surface area contributed by atoms with Gasteiger partial charge in [-0.25, -0.2) is 9.59 Å². The van der Waals surface area contributed by atoms with Gasteiger partial charge >= 0.3 is 23.9 Å². The minimum atomic E-state index is -4.27. The van der Waals surface area contributed by atoms with E-state index in [1.165, 1.54) is 22.6 Å². The summed E-state index contributed by atoms with van der Waals surface area (Å²) in [5.74, 6) is -15.2. The number of hydrogen-bond acceptors (Lipinski definition) is 10. The van der Waals surface area contributed by atoms with E-state index in [9.17, 15) is 36.7 Å². The molecule has 10 nitrogen and oxygen atoms in total. The first-order valence-electron chi connectivity index (χ1n) is 5.81. The summed E-state index contributed by atoms with van der Waals surface area (Å²) >= 11 is 1.39. The van der Waals surface area contributed by atoms with Crippen molar-refractivity contribution in [1.82, 2.24) is 0 Å². The molecule has 0 spiro atoms. The van der Waals surface area contributed by atoms with Crippen LogP contribution in [-0.4, -0.2) is 23.9 Å². The summed E-state index contributed by atoms with van der Waals surface area (Å²) in [5, 5.41) is 0. The zero-order valence-electron chi connectivity index (χ0n) is 12.0. The van der Waals surface area contributed by atoms with Gasteiger partial charge in [0.1, 0.15) is 0 Å². The predicted molar refractivity (Wildman–Crippen MR) is 69.0 cm³/mol. The Bertz CT molecular complexity index is 653. The van der Waals surface area contributed by atoms with E-state index in [1.807, 2.05) is 0 Å². The number of esters is 2. The van der Waals surface area contributed by atoms with E-state index in [4.69, 9.17) is 0 Å². The number of ether oxygens (including phenoxy) is 2. The maximum absolute atomic E-state index is 12.2. The van der Waals surface area contributed by atoms with Crippen LogP contribution in [0.1, 0.15) is 0 Å². The van der Waals surface area contributed by atoms with Crippen molar-refractivity contribution in [3.05, 3.63) is 21.8 Å². The second-order valence-electron chi connectivity index (χ2n) is 3.92. The van der Waals surface area contributed by atoms with E-state index >= 15 is 0 Å². The zero-order valence-corrected chi connectivity index (χ0v) is 14.1. The molecule has 0 aliphatic carbocycles. The molecule has 1 rings (SSSR count). The number of carbonyl (C=O) groups excluding carboxylic acids is 2. The highest BCUT2D eigenvalue weighted by Gasteiger charge is 2.53. The Kier molecular flexibility index (Phi) is 8.59. The van der Waals surface area contributed by atoms with Crippen LogP contribution in [0, 0.1) is 3.57 Å². The lowest BCUT2D eigenvalue weighted by Crippen LogP contribution is -2.45. The number of para-hydroxylation sites is 1. The molecule has 0 amide bonds. The van der Waals surface area contributed by atoms with Crippen LogP contribution in [0.25, 0.3) is 0 Å². The fraction of sp³-hybridized carbons (Fsp3) is 0.200. The molecule has 0 saturated heterocycles. The smallest absolute Gasteiger partial charge is 0.416 e. The fourth-order valence-corrected chi connectivity index (χ4v) is 1.83. The van der Waals surface area contributed by atoms with Gasteiger partial charge in [0.2, 0.25) is 0 Å². The Morgan fingerprint density at radius 3 is 1.56 bits per heavy atom. The molecule has 1 aromatic carbocycles. The fourth-order valence-electron chi connectivity index (χ4n) is 1.25. The molecule has 0 saturated carbocycles. The molecule has 0 bridgehead atoms. The standard InChI is InChI=1S/C10H3F6IO10/c11-22-9(23-12,24-13)7(18)20-5-3-1-2-4(17)6(5)21-8(19)10(25-14,26-15)27-16/h1-3H. The van der Waals surface area contributed by atoms with Crippen LogP contribution >= 0.6 is 22.6 Å². The van der Waals surface area contributed by atoms with Crippen molar-refractivity contribution in [2.24, 2.45) is 0 Å². The van der Waals surface area contributed by atoms with Crippen LogP contribution in [0.4, 0.5) is 27.2 Å². The molecule has 17 heteroatoms. The average Bonchev–Trinajstić information content (AvgIpc) is 2.68. The van der Waals surface area contributed by atoms with Crippen molar-refractivity contribution in [3.8, 4) is 11.5 Å². The van der Waals surface area contributed by atoms with Gasteiger partial charge in [0.15, 0.2) is 11.5 Å². The van der Waals surface area contributed by atoms with E-state index < -0.39 is 35.4 Å². The summed E-state index contributed by atoms with van der Waals surface area (Å²) in [6, 6.07) is 2.97. The van der Waals surface area contributed by atoms with Crippen LogP contribution in [0.5, 0.6) is 11.5 Å². The Morgan fingerprint density at radius 2 is 1.15 bits per heavy atom. The second kappa shape index (κ2) is 9.96. The molecule has 0 N–H and O–H groups in total. The van der Waals surface area contributed by atoms with Gasteiger partial charge in [-0.1, -0.05) is 6.07 Å². The average molecular weight is 524 g/mol. The Labute approximate surface area is 156 Å². The minimum absolute atomic E-state index is 0.189. The molecule has 0 heterocycles. The van der Waals surface area contributed by atoms with Gasteiger partial charge in [0, 0.05) is 0 Å². The van der Waals surface area contributed by atoms with Crippen LogP contribution in [0.15, 0.2) is 18.2 Å². The molecule has 1 aromatic rings. The highest BCUT2D eigenvalue weighted by molar-refractivity contribution is 14.1. The van der Waals surface area contributed by atoms with E-state index in [2.05, 4.69) is 39.1 Å². The topological polar surface area (TPSA) is 108 Å². The van der Waals surface area contributed by atoms with Gasteiger partial charge in [0.25, 0.3) is 0 Å². The lowest BCUT2D eigenvalue weighted by molar-refractivity contribution is -0.526. The highest BCUT2D eigenvalue weighted by Crippen LogP contribution is 2.35. The summed E-state index contributed by atoms with van der Waals surface area (Å²) in [6.07, 6.45) is 0. The molecule has 0 aliphatic heterocycles. The van der Waals surface area contributed by atoms with Gasteiger partial charge in [-0.2, -0.15) is 0 Å². The van der Waals surface area contributed by atoms with Gasteiger partial charge in [-0.05, 0) is 61.9 Å². The van der Waals surface area contributed by atoms with Gasteiger partial charge in [-0.15, -0.1) is 29.6 Å². The third-order valence-corrected chi connectivity index (χ3v) is 3.29. The number of halogens is 7. The first-order valence-corrected chi connectivity index (χ1v) is 6.89. The number of benzene rings is 1. The first kappa shape index (κ1) is 23.3. The molecular weight excluding hydrogens is 521 g/mol. The monoisotopic (exact) mass is 524 g/mol. The van der Waals surface area contributed by atoms with Crippen molar-refractivity contribution in [1.29, 1.82) is 0 Å². The second-order valence-corrected chi connectivity index (χ2v) is 5.08. The van der Waals surface area contributed by atoms with Gasteiger partial charge in [-0.3, -0.25) is 0 Å². The molecule has 0 aliphatic rings. The van der Waals surface area contributed by atoms with Crippen molar-refractivity contribution in [3.63, 3.8) is 0 Å². The maximum Gasteiger partial charge on any atom is 0.477 e. The summed E-state index contributed by atoms with van der Waals surface area (Å²) < 4.78 is 81.4. The molecule has 0 aromatic heterocycles. The Morgan fingerprint density at radius 1 is 0.741 bits per heavy atom. The molecule has 152 valence electrons. The molecule has 0 atom stereocenters. The molecule has 0 unspecified atom stereocenters. The summed E-state index contributed by atoms with van der Waals surface area (Å²) in [7, 11) is 0. The molecule has 0 radical (unpaired) electrons. The summed E-state index contributed by atoms with van der Waals surface area (Å²) in [5.41, 5.74) is 0. The third kappa shape index (κ3) is 4.75. The highest BCUT2D eigenvalue weighted by atomic mass is 127. The maximum atomic E-state index is 12.2. The number of carbonyl (C=O) groups is 2. The van der Waals surface area contributed by atoms with Gasteiger partial charge in [0.05, 0.1) is 3.57 Å². The van der Waals surface area contributed by atoms with Crippen LogP contribution in [-0.2, 0) is 39.2 Å². The number of hydrogen-bond donors (Lipinski definition) is 0. The zero-order chi connectivity index (χ0) is 20.7. The molecular formula is C10H3F6IO10. The first-order chi connectivity index (χ1) is 12.8. The summed E-state index contributed by atoms with van der Waals surface area (Å²) in [4.78, 5) is 38.4. The lowest BCUT2D eigenvalue weighted by atomic mass is 10.3. The van der Waals surface area contributed by atoms with E-state index in [0.29, 0.717) is 0 Å². The van der Waals surface area contributed by atoms with E-state index in [1.54, 1.807) is 0 Å². The molecule has 27 heavy (non-hydrogen) atoms. The third-order valence-electron chi connectivity index (χ3n) is 2.44. The SMILES string of the molecule is O=C(Oc1cccc(I)c1OC(=O)C(OF)(OF)OF)C(OF)(OF)OF. The van der Waals surface area contributed by atoms with E-state index in [0.717, 1.165) is 18.2 Å². The van der Waals surface area contributed by atoms with Crippen molar-refractivity contribution >= 4 is 34.5 Å². The van der Waals surface area contributed by atoms with Gasteiger partial charge < -0.3 is 9.47 Å². The normalized spacial score (nSPS) is 12.0. The predicted octanol–water partition coefficient (Wildman–Crippen LogP) is 2.82. The quantitative estimate of drug-likeness (QED) is 0.149. The van der Waals surface area contributed by atoms with Crippen LogP contribution in [0.2, 0.25) is 0 Å².